The first-order valence-electron chi connectivity index (χ1n) is 8.50. The average molecular weight is 357 g/mol. The largest absolute Gasteiger partial charge is 0.377 e. The third kappa shape index (κ3) is 3.66. The fourth-order valence-electron chi connectivity index (χ4n) is 2.87. The van der Waals surface area contributed by atoms with Crippen molar-refractivity contribution in [3.05, 3.63) is 56.3 Å². The van der Waals surface area contributed by atoms with Crippen LogP contribution < -0.4 is 5.32 Å². The topological polar surface area (TPSA) is 75.5 Å². The highest BCUT2D eigenvalue weighted by Gasteiger charge is 2.34. The van der Waals surface area contributed by atoms with Gasteiger partial charge in [-0.05, 0) is 49.3 Å². The number of amides is 1. The molecule has 0 unspecified atom stereocenters. The molecule has 0 spiro atoms. The lowest BCUT2D eigenvalue weighted by Crippen LogP contribution is -2.32. The van der Waals surface area contributed by atoms with Crippen LogP contribution >= 0.6 is 11.3 Å². The molecule has 1 N–H and O–H groups in total. The quantitative estimate of drug-likeness (QED) is 0.599. The number of hydrogen-bond acceptors (Lipinski definition) is 5. The van der Waals surface area contributed by atoms with Gasteiger partial charge in [0.05, 0.1) is 11.5 Å². The molecule has 0 aliphatic heterocycles. The highest BCUT2D eigenvalue weighted by atomic mass is 32.1. The number of carbonyl (C=O) groups excluding carboxylic acids is 1. The van der Waals surface area contributed by atoms with Gasteiger partial charge in [-0.2, -0.15) is 0 Å². The molecule has 0 saturated heterocycles. The van der Waals surface area contributed by atoms with E-state index in [-0.39, 0.29) is 17.6 Å². The molecule has 0 atom stereocenters. The molecule has 7 heteroatoms. The smallest absolute Gasteiger partial charge is 0.293 e. The lowest BCUT2D eigenvalue weighted by Gasteiger charge is -2.22. The molecule has 0 radical (unpaired) electrons. The van der Waals surface area contributed by atoms with Gasteiger partial charge in [-0.3, -0.25) is 14.9 Å². The number of carbonyl (C=O) groups is 1. The SMILES string of the molecule is O=C(c1ccc(NC2CC2)c([N+](=O)[O-])c1)N(Cc1cccs1)C1CC1. The van der Waals surface area contributed by atoms with Gasteiger partial charge in [-0.25, -0.2) is 0 Å². The van der Waals surface area contributed by atoms with Crippen molar-refractivity contribution in [3.8, 4) is 0 Å². The Hall–Kier alpha value is -2.41. The van der Waals surface area contributed by atoms with E-state index >= 15 is 0 Å². The fraction of sp³-hybridized carbons (Fsp3) is 0.389. The van der Waals surface area contributed by atoms with Crippen LogP contribution in [0, 0.1) is 10.1 Å². The number of anilines is 1. The van der Waals surface area contributed by atoms with Gasteiger partial charge in [-0.1, -0.05) is 6.07 Å². The van der Waals surface area contributed by atoms with E-state index in [1.165, 1.54) is 6.07 Å². The van der Waals surface area contributed by atoms with E-state index in [1.54, 1.807) is 23.5 Å². The van der Waals surface area contributed by atoms with Gasteiger partial charge in [0.1, 0.15) is 5.69 Å². The van der Waals surface area contributed by atoms with Crippen molar-refractivity contribution in [2.45, 2.75) is 44.3 Å². The molecule has 1 amide bonds. The van der Waals surface area contributed by atoms with Crippen LogP contribution in [0.25, 0.3) is 0 Å². The molecule has 4 rings (SSSR count). The summed E-state index contributed by atoms with van der Waals surface area (Å²) in [5.41, 5.74) is 0.862. The van der Waals surface area contributed by atoms with E-state index in [0.717, 1.165) is 30.6 Å². The van der Waals surface area contributed by atoms with Crippen molar-refractivity contribution in [2.75, 3.05) is 5.32 Å². The molecule has 1 heterocycles. The van der Waals surface area contributed by atoms with Gasteiger partial charge < -0.3 is 10.2 Å². The molecule has 25 heavy (non-hydrogen) atoms. The summed E-state index contributed by atoms with van der Waals surface area (Å²) < 4.78 is 0. The van der Waals surface area contributed by atoms with Crippen molar-refractivity contribution in [1.29, 1.82) is 0 Å². The third-order valence-corrected chi connectivity index (χ3v) is 5.39. The molecule has 6 nitrogen and oxygen atoms in total. The Kier molecular flexibility index (Phi) is 4.17. The van der Waals surface area contributed by atoms with Crippen molar-refractivity contribution in [2.24, 2.45) is 0 Å². The highest BCUT2D eigenvalue weighted by Crippen LogP contribution is 2.34. The Bertz CT molecular complexity index is 798. The number of hydrogen-bond donors (Lipinski definition) is 1. The number of thiophene rings is 1. The summed E-state index contributed by atoms with van der Waals surface area (Å²) in [5, 5.41) is 16.6. The van der Waals surface area contributed by atoms with Crippen molar-refractivity contribution in [3.63, 3.8) is 0 Å². The number of benzene rings is 1. The Morgan fingerprint density at radius 2 is 2.08 bits per heavy atom. The first-order chi connectivity index (χ1) is 12.1. The van der Waals surface area contributed by atoms with E-state index in [9.17, 15) is 14.9 Å². The monoisotopic (exact) mass is 357 g/mol. The standard InChI is InChI=1S/C18H19N3O3S/c22-18(20(14-6-7-14)11-15-2-1-9-25-15)12-3-8-16(19-13-4-5-13)17(10-12)21(23)24/h1-3,8-10,13-14,19H,4-7,11H2. The Balaban J connectivity index is 1.59. The van der Waals surface area contributed by atoms with Gasteiger partial charge in [0.15, 0.2) is 0 Å². The Morgan fingerprint density at radius 3 is 2.68 bits per heavy atom. The van der Waals surface area contributed by atoms with Gasteiger partial charge in [0, 0.05) is 28.6 Å². The summed E-state index contributed by atoms with van der Waals surface area (Å²) in [7, 11) is 0. The number of nitro benzene ring substituents is 1. The number of nitrogens with zero attached hydrogens (tertiary/aromatic N) is 2. The van der Waals surface area contributed by atoms with Crippen LogP contribution in [0.5, 0.6) is 0 Å². The molecule has 2 aliphatic carbocycles. The number of nitrogens with one attached hydrogen (secondary N) is 1. The minimum Gasteiger partial charge on any atom is -0.377 e. The molecular weight excluding hydrogens is 338 g/mol. The molecule has 2 aliphatic rings. The second-order valence-electron chi connectivity index (χ2n) is 6.65. The summed E-state index contributed by atoms with van der Waals surface area (Å²) in [5.74, 6) is -0.128. The predicted molar refractivity (Wildman–Crippen MR) is 97.0 cm³/mol. The van der Waals surface area contributed by atoms with E-state index in [2.05, 4.69) is 5.32 Å². The minimum atomic E-state index is -0.414. The van der Waals surface area contributed by atoms with Crippen LogP contribution in [-0.2, 0) is 6.54 Å². The maximum absolute atomic E-state index is 13.0. The van der Waals surface area contributed by atoms with Crippen LogP contribution in [0.1, 0.15) is 40.9 Å². The normalized spacial score (nSPS) is 16.5. The molecule has 1 aromatic heterocycles. The second-order valence-corrected chi connectivity index (χ2v) is 7.68. The van der Waals surface area contributed by atoms with Crippen LogP contribution in [0.15, 0.2) is 35.7 Å². The first kappa shape index (κ1) is 16.1. The maximum Gasteiger partial charge on any atom is 0.293 e. The molecule has 2 saturated carbocycles. The molecule has 2 aromatic rings. The zero-order valence-corrected chi connectivity index (χ0v) is 14.5. The van der Waals surface area contributed by atoms with Gasteiger partial charge in [0.25, 0.3) is 11.6 Å². The summed E-state index contributed by atoms with van der Waals surface area (Å²) in [6.45, 7) is 0.567. The summed E-state index contributed by atoms with van der Waals surface area (Å²) in [6.07, 6.45) is 4.07. The van der Waals surface area contributed by atoms with Crippen molar-refractivity contribution >= 4 is 28.6 Å². The number of rotatable bonds is 7. The molecule has 130 valence electrons. The highest BCUT2D eigenvalue weighted by molar-refractivity contribution is 7.09. The fourth-order valence-corrected chi connectivity index (χ4v) is 3.58. The molecule has 1 aromatic carbocycles. The van der Waals surface area contributed by atoms with Crippen LogP contribution in [0.4, 0.5) is 11.4 Å². The lowest BCUT2D eigenvalue weighted by atomic mass is 10.1. The van der Waals surface area contributed by atoms with Gasteiger partial charge in [-0.15, -0.1) is 11.3 Å². The van der Waals surface area contributed by atoms with Crippen LogP contribution in [0.2, 0.25) is 0 Å². The van der Waals surface area contributed by atoms with Crippen LogP contribution in [-0.4, -0.2) is 27.8 Å². The first-order valence-corrected chi connectivity index (χ1v) is 9.38. The maximum atomic E-state index is 13.0. The van der Waals surface area contributed by atoms with E-state index in [0.29, 0.717) is 23.8 Å². The summed E-state index contributed by atoms with van der Waals surface area (Å²) in [4.78, 5) is 26.9. The third-order valence-electron chi connectivity index (χ3n) is 4.53. The predicted octanol–water partition coefficient (Wildman–Crippen LogP) is 4.04. The van der Waals surface area contributed by atoms with E-state index in [1.807, 2.05) is 22.4 Å². The van der Waals surface area contributed by atoms with Crippen molar-refractivity contribution in [1.82, 2.24) is 4.90 Å². The second kappa shape index (κ2) is 6.48. The zero-order valence-electron chi connectivity index (χ0n) is 13.7. The molecule has 0 bridgehead atoms. The molecular formula is C18H19N3O3S. The van der Waals surface area contributed by atoms with Gasteiger partial charge in [0.2, 0.25) is 0 Å². The summed E-state index contributed by atoms with van der Waals surface area (Å²) >= 11 is 1.62. The molecule has 2 fully saturated rings. The van der Waals surface area contributed by atoms with Crippen molar-refractivity contribution < 1.29 is 9.72 Å². The average Bonchev–Trinajstić information content (AvgIpc) is 3.53. The lowest BCUT2D eigenvalue weighted by molar-refractivity contribution is -0.384. The number of nitro groups is 1. The Morgan fingerprint density at radius 1 is 1.28 bits per heavy atom. The van der Waals surface area contributed by atoms with Gasteiger partial charge >= 0.3 is 0 Å². The Labute approximate surface area is 149 Å². The summed E-state index contributed by atoms with van der Waals surface area (Å²) in [6, 6.07) is 9.33. The minimum absolute atomic E-state index is 0.0235. The zero-order chi connectivity index (χ0) is 17.4. The van der Waals surface area contributed by atoms with E-state index in [4.69, 9.17) is 0 Å². The van der Waals surface area contributed by atoms with E-state index < -0.39 is 4.92 Å². The van der Waals surface area contributed by atoms with Crippen LogP contribution in [0.3, 0.4) is 0 Å².